The monoisotopic (exact) mass is 438 g/mol. The van der Waals surface area contributed by atoms with Gasteiger partial charge in [-0.15, -0.1) is 0 Å². The minimum Gasteiger partial charge on any atom is -0.392 e. The number of H-pyrrole nitrogens is 1. The fourth-order valence-electron chi connectivity index (χ4n) is 3.27. The van der Waals surface area contributed by atoms with E-state index in [9.17, 15) is 18.3 Å². The summed E-state index contributed by atoms with van der Waals surface area (Å²) in [6, 6.07) is 8.12. The van der Waals surface area contributed by atoms with E-state index in [1.165, 1.54) is 12.4 Å². The highest BCUT2D eigenvalue weighted by Crippen LogP contribution is 2.37. The summed E-state index contributed by atoms with van der Waals surface area (Å²) in [6.45, 7) is 9.26. The molecule has 162 valence electrons. The summed E-state index contributed by atoms with van der Waals surface area (Å²) in [5, 5.41) is 12.5. The van der Waals surface area contributed by atoms with Crippen molar-refractivity contribution >= 4 is 22.7 Å². The second kappa shape index (κ2) is 8.28. The molecule has 10 heteroatoms. The van der Waals surface area contributed by atoms with Gasteiger partial charge in [0.2, 0.25) is 11.6 Å². The van der Waals surface area contributed by atoms with Gasteiger partial charge < -0.3 is 15.4 Å². The van der Waals surface area contributed by atoms with Crippen LogP contribution in [0.1, 0.15) is 29.7 Å². The Bertz CT molecular complexity index is 1310. The van der Waals surface area contributed by atoms with Crippen molar-refractivity contribution in [1.82, 2.24) is 19.9 Å². The molecule has 4 rings (SSSR count). The van der Waals surface area contributed by atoms with Crippen molar-refractivity contribution < 1.29 is 18.3 Å². The number of aromatic nitrogens is 4. The third-order valence-corrected chi connectivity index (χ3v) is 5.01. The van der Waals surface area contributed by atoms with Crippen molar-refractivity contribution in [2.45, 2.75) is 25.7 Å². The Balaban J connectivity index is 1.72. The third-order valence-electron chi connectivity index (χ3n) is 5.01. The fourth-order valence-corrected chi connectivity index (χ4v) is 3.27. The van der Waals surface area contributed by atoms with Crippen LogP contribution in [-0.2, 0) is 12.8 Å². The van der Waals surface area contributed by atoms with Crippen molar-refractivity contribution in [3.63, 3.8) is 0 Å². The summed E-state index contributed by atoms with van der Waals surface area (Å²) >= 11 is 0. The molecule has 0 amide bonds. The second-order valence-electron chi connectivity index (χ2n) is 7.13. The Labute approximate surface area is 180 Å². The molecule has 0 aliphatic heterocycles. The largest absolute Gasteiger partial charge is 0.417 e. The number of hydrogen-bond donors (Lipinski definition) is 3. The lowest BCUT2D eigenvalue weighted by Gasteiger charge is -2.15. The van der Waals surface area contributed by atoms with Gasteiger partial charge in [0, 0.05) is 29.5 Å². The van der Waals surface area contributed by atoms with E-state index in [0.717, 1.165) is 23.4 Å². The number of pyridine rings is 1. The van der Waals surface area contributed by atoms with Gasteiger partial charge in [0.25, 0.3) is 0 Å². The third kappa shape index (κ3) is 4.10. The van der Waals surface area contributed by atoms with E-state index in [4.69, 9.17) is 6.57 Å². The molecule has 0 bridgehead atoms. The molecule has 0 aliphatic carbocycles. The predicted octanol–water partition coefficient (Wildman–Crippen LogP) is 5.25. The standard InChI is InChI=1S/C22H17F3N6O/c1-12(14-5-3-13(11-32)4-6-14)30-21-29-10-18(26-2)19(31-21)17-9-28-20-16(17)7-15(8-27-20)22(23,24)25/h3-10,12,32H,11H2,1H3,(H,27,28)(H,29,30,31)/t12-/m1/s1. The molecule has 0 aliphatic rings. The Morgan fingerprint density at radius 1 is 1.19 bits per heavy atom. The first-order chi connectivity index (χ1) is 15.3. The molecule has 7 nitrogen and oxygen atoms in total. The molecule has 0 saturated carbocycles. The van der Waals surface area contributed by atoms with Crippen molar-refractivity contribution in [2.75, 3.05) is 5.32 Å². The minimum absolute atomic E-state index is 0.0534. The zero-order valence-electron chi connectivity index (χ0n) is 16.8. The molecular formula is C22H17F3N6O. The van der Waals surface area contributed by atoms with Crippen LogP contribution >= 0.6 is 0 Å². The number of hydrogen-bond acceptors (Lipinski definition) is 5. The quantitative estimate of drug-likeness (QED) is 0.370. The zero-order chi connectivity index (χ0) is 22.9. The average molecular weight is 438 g/mol. The van der Waals surface area contributed by atoms with Crippen LogP contribution in [0.15, 0.2) is 48.9 Å². The molecule has 4 aromatic rings. The minimum atomic E-state index is -4.54. The van der Waals surface area contributed by atoms with Gasteiger partial charge in [-0.1, -0.05) is 24.3 Å². The van der Waals surface area contributed by atoms with E-state index in [0.29, 0.717) is 5.56 Å². The van der Waals surface area contributed by atoms with Crippen LogP contribution in [0, 0.1) is 6.57 Å². The highest BCUT2D eigenvalue weighted by molar-refractivity contribution is 5.96. The van der Waals surface area contributed by atoms with Crippen LogP contribution in [0.3, 0.4) is 0 Å². The number of fused-ring (bicyclic) bond motifs is 1. The normalized spacial score (nSPS) is 12.5. The smallest absolute Gasteiger partial charge is 0.392 e. The first-order valence-electron chi connectivity index (χ1n) is 9.55. The molecule has 0 radical (unpaired) electrons. The van der Waals surface area contributed by atoms with Gasteiger partial charge in [0.15, 0.2) is 0 Å². The molecular weight excluding hydrogens is 421 g/mol. The van der Waals surface area contributed by atoms with Gasteiger partial charge in [0.1, 0.15) is 5.65 Å². The summed E-state index contributed by atoms with van der Waals surface area (Å²) in [4.78, 5) is 18.7. The van der Waals surface area contributed by atoms with Crippen molar-refractivity contribution in [2.24, 2.45) is 0 Å². The van der Waals surface area contributed by atoms with E-state index < -0.39 is 11.7 Å². The number of aliphatic hydroxyl groups excluding tert-OH is 1. The lowest BCUT2D eigenvalue weighted by molar-refractivity contribution is -0.137. The summed E-state index contributed by atoms with van der Waals surface area (Å²) < 4.78 is 39.5. The summed E-state index contributed by atoms with van der Waals surface area (Å²) in [6.07, 6.45) is -0.971. The summed E-state index contributed by atoms with van der Waals surface area (Å²) in [5.74, 6) is 0.223. The van der Waals surface area contributed by atoms with Crippen LogP contribution in [0.5, 0.6) is 0 Å². The lowest BCUT2D eigenvalue weighted by Crippen LogP contribution is -2.09. The molecule has 1 aromatic carbocycles. The zero-order valence-corrected chi connectivity index (χ0v) is 16.8. The Hall–Kier alpha value is -3.97. The number of benzene rings is 1. The van der Waals surface area contributed by atoms with Crippen LogP contribution in [-0.4, -0.2) is 25.0 Å². The van der Waals surface area contributed by atoms with Crippen molar-refractivity contribution in [1.29, 1.82) is 0 Å². The number of anilines is 1. The topological polar surface area (TPSA) is 91.1 Å². The Kier molecular flexibility index (Phi) is 5.50. The number of halogens is 3. The van der Waals surface area contributed by atoms with E-state index in [-0.39, 0.29) is 41.0 Å². The molecule has 0 fully saturated rings. The van der Waals surface area contributed by atoms with Gasteiger partial charge in [-0.05, 0) is 24.1 Å². The highest BCUT2D eigenvalue weighted by Gasteiger charge is 2.31. The fraction of sp³-hybridized carbons (Fsp3) is 0.182. The Morgan fingerprint density at radius 2 is 1.94 bits per heavy atom. The molecule has 3 aromatic heterocycles. The molecule has 0 spiro atoms. The number of rotatable bonds is 5. The van der Waals surface area contributed by atoms with E-state index in [1.54, 1.807) is 12.1 Å². The average Bonchev–Trinajstić information content (AvgIpc) is 3.21. The van der Waals surface area contributed by atoms with E-state index in [2.05, 4.69) is 30.1 Å². The lowest BCUT2D eigenvalue weighted by atomic mass is 10.1. The summed E-state index contributed by atoms with van der Waals surface area (Å²) in [7, 11) is 0. The molecule has 32 heavy (non-hydrogen) atoms. The number of nitrogens with zero attached hydrogens (tertiary/aromatic N) is 4. The maximum atomic E-state index is 13.2. The SMILES string of the molecule is [C-]#[N+]c1cnc(N[C@H](C)c2ccc(CO)cc2)nc1-c1c[nH]c2ncc(C(F)(F)F)cc12. The predicted molar refractivity (Wildman–Crippen MR) is 113 cm³/mol. The van der Waals surface area contributed by atoms with Gasteiger partial charge in [-0.25, -0.2) is 19.8 Å². The molecule has 3 N–H and O–H groups in total. The van der Waals surface area contributed by atoms with Crippen LogP contribution in [0.2, 0.25) is 0 Å². The number of alkyl halides is 3. The number of aromatic amines is 1. The summed E-state index contributed by atoms with van der Waals surface area (Å²) in [5.41, 5.74) is 1.72. The van der Waals surface area contributed by atoms with Gasteiger partial charge >= 0.3 is 6.18 Å². The van der Waals surface area contributed by atoms with Crippen LogP contribution < -0.4 is 5.32 Å². The first-order valence-corrected chi connectivity index (χ1v) is 9.55. The van der Waals surface area contributed by atoms with Gasteiger partial charge in [-0.2, -0.15) is 13.2 Å². The second-order valence-corrected chi connectivity index (χ2v) is 7.13. The molecule has 0 saturated heterocycles. The molecule has 0 unspecified atom stereocenters. The van der Waals surface area contributed by atoms with Crippen molar-refractivity contribution in [3.05, 3.63) is 77.0 Å². The maximum absolute atomic E-state index is 13.2. The van der Waals surface area contributed by atoms with Crippen LogP contribution in [0.4, 0.5) is 24.8 Å². The van der Waals surface area contributed by atoms with Gasteiger partial charge in [-0.3, -0.25) is 0 Å². The van der Waals surface area contributed by atoms with Crippen LogP contribution in [0.25, 0.3) is 27.1 Å². The maximum Gasteiger partial charge on any atom is 0.417 e. The van der Waals surface area contributed by atoms with Crippen molar-refractivity contribution in [3.8, 4) is 11.3 Å². The highest BCUT2D eigenvalue weighted by atomic mass is 19.4. The van der Waals surface area contributed by atoms with E-state index in [1.807, 2.05) is 19.1 Å². The van der Waals surface area contributed by atoms with Gasteiger partial charge in [0.05, 0.1) is 30.5 Å². The first kappa shape index (κ1) is 21.3. The Morgan fingerprint density at radius 3 is 2.59 bits per heavy atom. The molecule has 1 atom stereocenters. The number of nitrogens with one attached hydrogen (secondary N) is 2. The van der Waals surface area contributed by atoms with E-state index >= 15 is 0 Å². The molecule has 3 heterocycles. The number of aliphatic hydroxyl groups is 1.